The number of hydrogen-bond donors (Lipinski definition) is 1. The van der Waals surface area contributed by atoms with Gasteiger partial charge >= 0.3 is 0 Å². The van der Waals surface area contributed by atoms with Gasteiger partial charge in [0.25, 0.3) is 0 Å². The first-order valence-electron chi connectivity index (χ1n) is 4.34. The molecule has 0 atom stereocenters. The third-order valence-corrected chi connectivity index (χ3v) is 3.25. The number of ether oxygens (including phenoxy) is 1. The minimum atomic E-state index is 0.795. The molecule has 4 heteroatoms. The molecule has 13 heavy (non-hydrogen) atoms. The maximum atomic E-state index is 5.21. The summed E-state index contributed by atoms with van der Waals surface area (Å²) in [5.41, 5.74) is 0. The van der Waals surface area contributed by atoms with Gasteiger partial charge in [-0.3, -0.25) is 0 Å². The van der Waals surface area contributed by atoms with Crippen LogP contribution in [0, 0.1) is 0 Å². The molecule has 74 valence electrons. The fourth-order valence-electron chi connectivity index (χ4n) is 0.947. The molecular formula is C9H14BrNOS. The molecule has 0 bridgehead atoms. The molecule has 0 aliphatic heterocycles. The highest BCUT2D eigenvalue weighted by molar-refractivity contribution is 9.10. The summed E-state index contributed by atoms with van der Waals surface area (Å²) in [6.07, 6.45) is 0. The van der Waals surface area contributed by atoms with Gasteiger partial charge in [0, 0.05) is 34.4 Å². The summed E-state index contributed by atoms with van der Waals surface area (Å²) < 4.78 is 6.37. The van der Waals surface area contributed by atoms with Crippen molar-refractivity contribution in [1.29, 1.82) is 0 Å². The number of hydrogen-bond acceptors (Lipinski definition) is 3. The van der Waals surface area contributed by atoms with Crippen LogP contribution in [0.2, 0.25) is 0 Å². The second kappa shape index (κ2) is 6.54. The van der Waals surface area contributed by atoms with E-state index in [4.69, 9.17) is 4.74 Å². The van der Waals surface area contributed by atoms with Crippen molar-refractivity contribution in [2.75, 3.05) is 19.8 Å². The van der Waals surface area contributed by atoms with Crippen molar-refractivity contribution in [2.24, 2.45) is 0 Å². The average Bonchev–Trinajstić information content (AvgIpc) is 2.51. The summed E-state index contributed by atoms with van der Waals surface area (Å²) in [4.78, 5) is 1.35. The van der Waals surface area contributed by atoms with Crippen LogP contribution >= 0.6 is 27.3 Å². The van der Waals surface area contributed by atoms with E-state index < -0.39 is 0 Å². The molecule has 0 aromatic carbocycles. The molecule has 0 aliphatic carbocycles. The molecule has 1 heterocycles. The zero-order chi connectivity index (χ0) is 9.52. The number of nitrogens with one attached hydrogen (secondary N) is 1. The normalized spacial score (nSPS) is 10.6. The van der Waals surface area contributed by atoms with Crippen molar-refractivity contribution in [3.63, 3.8) is 0 Å². The SMILES string of the molecule is CCOCCNCc1cc(Br)cs1. The molecular weight excluding hydrogens is 250 g/mol. The van der Waals surface area contributed by atoms with E-state index in [2.05, 4.69) is 32.7 Å². The molecule has 0 unspecified atom stereocenters. The second-order valence-corrected chi connectivity index (χ2v) is 4.52. The van der Waals surface area contributed by atoms with Crippen molar-refractivity contribution >= 4 is 27.3 Å². The maximum Gasteiger partial charge on any atom is 0.0590 e. The summed E-state index contributed by atoms with van der Waals surface area (Å²) in [5.74, 6) is 0. The fraction of sp³-hybridized carbons (Fsp3) is 0.556. The van der Waals surface area contributed by atoms with E-state index >= 15 is 0 Å². The third-order valence-electron chi connectivity index (χ3n) is 1.55. The van der Waals surface area contributed by atoms with E-state index in [1.165, 1.54) is 9.35 Å². The van der Waals surface area contributed by atoms with Gasteiger partial charge < -0.3 is 10.1 Å². The second-order valence-electron chi connectivity index (χ2n) is 2.60. The summed E-state index contributed by atoms with van der Waals surface area (Å²) in [6, 6.07) is 2.14. The Morgan fingerprint density at radius 3 is 3.08 bits per heavy atom. The van der Waals surface area contributed by atoms with Gasteiger partial charge in [0.2, 0.25) is 0 Å². The minimum absolute atomic E-state index is 0.795. The lowest BCUT2D eigenvalue weighted by atomic mass is 10.4. The maximum absolute atomic E-state index is 5.21. The molecule has 0 saturated carbocycles. The van der Waals surface area contributed by atoms with Gasteiger partial charge in [0.15, 0.2) is 0 Å². The monoisotopic (exact) mass is 263 g/mol. The highest BCUT2D eigenvalue weighted by Crippen LogP contribution is 2.19. The summed E-state index contributed by atoms with van der Waals surface area (Å²) in [7, 11) is 0. The van der Waals surface area contributed by atoms with Crippen molar-refractivity contribution < 1.29 is 4.74 Å². The van der Waals surface area contributed by atoms with Crippen LogP contribution in [0.4, 0.5) is 0 Å². The number of rotatable bonds is 6. The molecule has 1 aromatic rings. The lowest BCUT2D eigenvalue weighted by molar-refractivity contribution is 0.149. The first-order valence-corrected chi connectivity index (χ1v) is 6.01. The Balaban J connectivity index is 2.06. The van der Waals surface area contributed by atoms with Gasteiger partial charge in [-0.1, -0.05) is 0 Å². The van der Waals surface area contributed by atoms with Gasteiger partial charge in [0.05, 0.1) is 6.61 Å². The molecule has 1 rings (SSSR count). The van der Waals surface area contributed by atoms with Crippen LogP contribution in [0.3, 0.4) is 0 Å². The molecule has 0 saturated heterocycles. The zero-order valence-electron chi connectivity index (χ0n) is 7.68. The standard InChI is InChI=1S/C9H14BrNOS/c1-2-12-4-3-11-6-9-5-8(10)7-13-9/h5,7,11H,2-4,6H2,1H3. The predicted molar refractivity (Wildman–Crippen MR) is 60.2 cm³/mol. The molecule has 0 spiro atoms. The summed E-state index contributed by atoms with van der Waals surface area (Å²) in [6.45, 7) is 5.46. The van der Waals surface area contributed by atoms with Crippen molar-refractivity contribution in [3.05, 3.63) is 20.8 Å². The molecule has 0 aliphatic rings. The van der Waals surface area contributed by atoms with Crippen LogP contribution in [0.1, 0.15) is 11.8 Å². The topological polar surface area (TPSA) is 21.3 Å². The van der Waals surface area contributed by atoms with Crippen LogP contribution in [0.25, 0.3) is 0 Å². The highest BCUT2D eigenvalue weighted by atomic mass is 79.9. The largest absolute Gasteiger partial charge is 0.380 e. The van der Waals surface area contributed by atoms with Gasteiger partial charge in [-0.2, -0.15) is 0 Å². The van der Waals surface area contributed by atoms with Crippen LogP contribution in [0.15, 0.2) is 15.9 Å². The first kappa shape index (κ1) is 11.2. The van der Waals surface area contributed by atoms with Gasteiger partial charge in [-0.25, -0.2) is 0 Å². The van der Waals surface area contributed by atoms with E-state index in [1.807, 2.05) is 6.92 Å². The van der Waals surface area contributed by atoms with Gasteiger partial charge in [-0.05, 0) is 28.9 Å². The van der Waals surface area contributed by atoms with Crippen LogP contribution in [-0.4, -0.2) is 19.8 Å². The van der Waals surface area contributed by atoms with Gasteiger partial charge in [-0.15, -0.1) is 11.3 Å². The van der Waals surface area contributed by atoms with Crippen LogP contribution in [-0.2, 0) is 11.3 Å². The Morgan fingerprint density at radius 2 is 2.46 bits per heavy atom. The Labute approximate surface area is 91.4 Å². The quantitative estimate of drug-likeness (QED) is 0.797. The summed E-state index contributed by atoms with van der Waals surface area (Å²) in [5, 5.41) is 5.41. The molecule has 0 fully saturated rings. The first-order chi connectivity index (χ1) is 6.33. The van der Waals surface area contributed by atoms with E-state index in [-0.39, 0.29) is 0 Å². The molecule has 0 amide bonds. The molecule has 1 aromatic heterocycles. The minimum Gasteiger partial charge on any atom is -0.380 e. The lowest BCUT2D eigenvalue weighted by Gasteiger charge is -2.02. The van der Waals surface area contributed by atoms with Crippen molar-refractivity contribution in [1.82, 2.24) is 5.32 Å². The third kappa shape index (κ3) is 4.76. The van der Waals surface area contributed by atoms with Crippen molar-refractivity contribution in [3.8, 4) is 0 Å². The van der Waals surface area contributed by atoms with E-state index in [9.17, 15) is 0 Å². The Hall–Kier alpha value is 0.1000. The van der Waals surface area contributed by atoms with Gasteiger partial charge in [0.1, 0.15) is 0 Å². The predicted octanol–water partition coefficient (Wildman–Crippen LogP) is 2.64. The summed E-state index contributed by atoms with van der Waals surface area (Å²) >= 11 is 5.19. The Morgan fingerprint density at radius 1 is 1.62 bits per heavy atom. The fourth-order valence-corrected chi connectivity index (χ4v) is 2.37. The Bertz CT molecular complexity index is 239. The van der Waals surface area contributed by atoms with E-state index in [0.29, 0.717) is 0 Å². The van der Waals surface area contributed by atoms with E-state index in [0.717, 1.165) is 26.3 Å². The number of thiophene rings is 1. The Kier molecular flexibility index (Phi) is 5.62. The average molecular weight is 264 g/mol. The molecule has 2 nitrogen and oxygen atoms in total. The lowest BCUT2D eigenvalue weighted by Crippen LogP contribution is -2.18. The van der Waals surface area contributed by atoms with Crippen LogP contribution < -0.4 is 5.32 Å². The number of halogens is 1. The van der Waals surface area contributed by atoms with E-state index in [1.54, 1.807) is 11.3 Å². The zero-order valence-corrected chi connectivity index (χ0v) is 10.1. The molecule has 1 N–H and O–H groups in total. The smallest absolute Gasteiger partial charge is 0.0590 e. The molecule has 0 radical (unpaired) electrons. The highest BCUT2D eigenvalue weighted by Gasteiger charge is 1.95. The van der Waals surface area contributed by atoms with Crippen LogP contribution in [0.5, 0.6) is 0 Å². The van der Waals surface area contributed by atoms with Crippen molar-refractivity contribution in [2.45, 2.75) is 13.5 Å².